The van der Waals surface area contributed by atoms with E-state index in [9.17, 15) is 4.79 Å². The van der Waals surface area contributed by atoms with Crippen molar-refractivity contribution in [3.63, 3.8) is 0 Å². The van der Waals surface area contributed by atoms with Gasteiger partial charge in [0.15, 0.2) is 23.6 Å². The third kappa shape index (κ3) is 7.70. The fourth-order valence-electron chi connectivity index (χ4n) is 6.21. The lowest BCUT2D eigenvalue weighted by molar-refractivity contribution is -0.134. The van der Waals surface area contributed by atoms with Gasteiger partial charge in [0.25, 0.3) is 5.91 Å². The van der Waals surface area contributed by atoms with Gasteiger partial charge in [-0.05, 0) is 75.6 Å². The Morgan fingerprint density at radius 1 is 0.929 bits per heavy atom. The number of ether oxygens (including phenoxy) is 1. The first kappa shape index (κ1) is 32.4. The lowest BCUT2D eigenvalue weighted by atomic mass is 9.92. The van der Waals surface area contributed by atoms with Crippen LogP contribution in [0, 0.1) is 0 Å². The Kier molecular flexibility index (Phi) is 11.4. The van der Waals surface area contributed by atoms with Crippen molar-refractivity contribution in [2.75, 3.05) is 30.3 Å². The van der Waals surface area contributed by atoms with Crippen molar-refractivity contribution in [2.24, 2.45) is 5.73 Å². The van der Waals surface area contributed by atoms with E-state index in [1.165, 1.54) is 12.8 Å². The molecule has 2 aliphatic carbocycles. The van der Waals surface area contributed by atoms with Gasteiger partial charge in [0.2, 0.25) is 5.95 Å². The van der Waals surface area contributed by atoms with E-state index in [0.29, 0.717) is 47.9 Å². The number of amides is 1. The van der Waals surface area contributed by atoms with E-state index in [1.807, 2.05) is 11.2 Å². The minimum Gasteiger partial charge on any atom is -0.484 e. The van der Waals surface area contributed by atoms with Gasteiger partial charge in [0, 0.05) is 42.3 Å². The van der Waals surface area contributed by atoms with E-state index in [1.54, 1.807) is 24.3 Å². The number of halogens is 3. The fourth-order valence-corrected chi connectivity index (χ4v) is 6.34. The van der Waals surface area contributed by atoms with Gasteiger partial charge in [0.1, 0.15) is 5.75 Å². The number of benzene rings is 1. The highest BCUT2D eigenvalue weighted by Gasteiger charge is 2.27. The summed E-state index contributed by atoms with van der Waals surface area (Å²) in [6.45, 7) is 1.35. The third-order valence-electron chi connectivity index (χ3n) is 8.61. The van der Waals surface area contributed by atoms with Crippen molar-refractivity contribution in [1.29, 1.82) is 0 Å². The van der Waals surface area contributed by atoms with E-state index in [0.717, 1.165) is 68.3 Å². The zero-order chi connectivity index (χ0) is 27.5. The van der Waals surface area contributed by atoms with Crippen molar-refractivity contribution in [3.05, 3.63) is 35.6 Å². The molecule has 3 aliphatic rings. The number of carbonyl (C=O) groups is 1. The summed E-state index contributed by atoms with van der Waals surface area (Å²) >= 11 is 5.93. The molecule has 3 fully saturated rings. The van der Waals surface area contributed by atoms with Crippen LogP contribution in [0.2, 0.25) is 5.02 Å². The van der Waals surface area contributed by atoms with Crippen LogP contribution in [-0.4, -0.2) is 68.1 Å². The van der Waals surface area contributed by atoms with Crippen LogP contribution >= 0.6 is 36.4 Å². The Bertz CT molecular complexity index is 1300. The lowest BCUT2D eigenvalue weighted by Crippen LogP contribution is -2.44. The second kappa shape index (κ2) is 14.8. The van der Waals surface area contributed by atoms with E-state index >= 15 is 0 Å². The van der Waals surface area contributed by atoms with Crippen LogP contribution in [-0.2, 0) is 4.79 Å². The molecule has 0 unspecified atom stereocenters. The van der Waals surface area contributed by atoms with Crippen LogP contribution in [0.4, 0.5) is 11.8 Å². The van der Waals surface area contributed by atoms with Crippen LogP contribution in [0.1, 0.15) is 70.3 Å². The van der Waals surface area contributed by atoms with Crippen LogP contribution in [0.5, 0.6) is 5.75 Å². The number of nitrogens with one attached hydrogen (secondary N) is 2. The van der Waals surface area contributed by atoms with E-state index in [2.05, 4.69) is 15.2 Å². The second-order valence-corrected chi connectivity index (χ2v) is 11.9. The minimum absolute atomic E-state index is 0. The molecular formula is C29H41Cl3N8O2. The molecule has 0 atom stereocenters. The molecule has 0 bridgehead atoms. The highest BCUT2D eigenvalue weighted by atomic mass is 35.5. The molecule has 10 nitrogen and oxygen atoms in total. The summed E-state index contributed by atoms with van der Waals surface area (Å²) in [6, 6.07) is 8.31. The first-order valence-electron chi connectivity index (χ1n) is 14.7. The number of anilines is 2. The average Bonchev–Trinajstić information content (AvgIpc) is 3.65. The van der Waals surface area contributed by atoms with Gasteiger partial charge in [-0.1, -0.05) is 24.4 Å². The summed E-state index contributed by atoms with van der Waals surface area (Å²) in [5, 5.41) is 7.90. The fraction of sp³-hybridized carbons (Fsp3) is 0.586. The summed E-state index contributed by atoms with van der Waals surface area (Å²) in [4.78, 5) is 29.3. The van der Waals surface area contributed by atoms with Crippen LogP contribution in [0.3, 0.4) is 0 Å². The number of rotatable bonds is 8. The van der Waals surface area contributed by atoms with Gasteiger partial charge in [-0.25, -0.2) is 4.98 Å². The van der Waals surface area contributed by atoms with E-state index < -0.39 is 0 Å². The Morgan fingerprint density at radius 3 is 2.29 bits per heavy atom. The zero-order valence-corrected chi connectivity index (χ0v) is 26.1. The maximum absolute atomic E-state index is 12.8. The quantitative estimate of drug-likeness (QED) is 0.291. The molecule has 0 radical (unpaired) electrons. The smallest absolute Gasteiger partial charge is 0.260 e. The molecule has 2 aromatic heterocycles. The number of hydrogen-bond donors (Lipinski definition) is 3. The second-order valence-electron chi connectivity index (χ2n) is 11.5. The first-order chi connectivity index (χ1) is 19.5. The van der Waals surface area contributed by atoms with Crippen LogP contribution < -0.4 is 21.1 Å². The molecule has 1 aromatic carbocycles. The predicted octanol–water partition coefficient (Wildman–Crippen LogP) is 5.60. The van der Waals surface area contributed by atoms with Gasteiger partial charge < -0.3 is 30.6 Å². The summed E-state index contributed by atoms with van der Waals surface area (Å²) < 4.78 is 7.91. The molecule has 1 aliphatic heterocycles. The number of fused-ring (bicyclic) bond motifs is 1. The maximum Gasteiger partial charge on any atom is 0.260 e. The Labute approximate surface area is 264 Å². The SMILES string of the molecule is Cl.Cl.N[C@H]1CC[C@H](Nc2nc(NC3CCN(C(=O)COc4ccc(Cl)cc4)CC3)c3ncn(C4CCCC4)c3n2)CC1. The van der Waals surface area contributed by atoms with Gasteiger partial charge >= 0.3 is 0 Å². The van der Waals surface area contributed by atoms with Crippen LogP contribution in [0.25, 0.3) is 11.2 Å². The number of hydrogen-bond acceptors (Lipinski definition) is 8. The number of piperidine rings is 1. The zero-order valence-electron chi connectivity index (χ0n) is 23.7. The summed E-state index contributed by atoms with van der Waals surface area (Å²) in [5.41, 5.74) is 7.84. The largest absolute Gasteiger partial charge is 0.484 e. The number of likely N-dealkylation sites (tertiary alicyclic amines) is 1. The Morgan fingerprint density at radius 2 is 1.60 bits per heavy atom. The van der Waals surface area contributed by atoms with Crippen molar-refractivity contribution in [3.8, 4) is 5.75 Å². The molecule has 1 amide bonds. The van der Waals surface area contributed by atoms with E-state index in [-0.39, 0.29) is 43.4 Å². The molecule has 0 spiro atoms. The van der Waals surface area contributed by atoms with Gasteiger partial charge in [0.05, 0.1) is 6.33 Å². The molecule has 2 saturated carbocycles. The molecule has 230 valence electrons. The van der Waals surface area contributed by atoms with Crippen LogP contribution in [0.15, 0.2) is 30.6 Å². The highest BCUT2D eigenvalue weighted by molar-refractivity contribution is 6.30. The normalized spacial score (nSPS) is 21.4. The average molecular weight is 640 g/mol. The number of carbonyl (C=O) groups excluding carboxylic acids is 1. The van der Waals surface area contributed by atoms with Gasteiger partial charge in [-0.3, -0.25) is 4.79 Å². The van der Waals surface area contributed by atoms with Gasteiger partial charge in [-0.2, -0.15) is 9.97 Å². The summed E-state index contributed by atoms with van der Waals surface area (Å²) in [6.07, 6.45) is 12.5. The number of aromatic nitrogens is 4. The maximum atomic E-state index is 12.8. The van der Waals surface area contributed by atoms with E-state index in [4.69, 9.17) is 37.0 Å². The molecule has 1 saturated heterocycles. The predicted molar refractivity (Wildman–Crippen MR) is 171 cm³/mol. The number of nitrogens with two attached hydrogens (primary N) is 1. The molecule has 13 heteroatoms. The molecule has 42 heavy (non-hydrogen) atoms. The highest BCUT2D eigenvalue weighted by Crippen LogP contribution is 2.34. The topological polar surface area (TPSA) is 123 Å². The van der Waals surface area contributed by atoms with Crippen molar-refractivity contribution in [2.45, 2.75) is 88.4 Å². The van der Waals surface area contributed by atoms with Gasteiger partial charge in [-0.15, -0.1) is 24.8 Å². The number of imidazole rings is 1. The Balaban J connectivity index is 0.00000202. The molecule has 6 rings (SSSR count). The lowest BCUT2D eigenvalue weighted by Gasteiger charge is -2.32. The standard InChI is InChI=1S/C29H39ClN8O2.2ClH/c30-19-5-11-24(12-6-19)40-17-25(39)37-15-13-22(14-16-37)33-27-26-28(38(18-32-26)23-3-1-2-4-23)36-29(35-27)34-21-9-7-20(31)8-10-21;;/h5-6,11-12,18,20-23H,1-4,7-10,13-17,31H2,(H2,33,34,35,36);2*1H/t20-,21-;;. The van der Waals surface area contributed by atoms with Crippen molar-refractivity contribution < 1.29 is 9.53 Å². The summed E-state index contributed by atoms with van der Waals surface area (Å²) in [7, 11) is 0. The Hall–Kier alpha value is -2.53. The first-order valence-corrected chi connectivity index (χ1v) is 15.1. The molecule has 3 heterocycles. The minimum atomic E-state index is -0.00757. The molecule has 4 N–H and O–H groups in total. The molecule has 3 aromatic rings. The number of nitrogens with zero attached hydrogens (tertiary/aromatic N) is 5. The molecular weight excluding hydrogens is 599 g/mol. The third-order valence-corrected chi connectivity index (χ3v) is 8.86. The summed E-state index contributed by atoms with van der Waals surface area (Å²) in [5.74, 6) is 2.06. The van der Waals surface area contributed by atoms with Crippen molar-refractivity contribution >= 4 is 65.3 Å². The monoisotopic (exact) mass is 638 g/mol. The van der Waals surface area contributed by atoms with Crippen molar-refractivity contribution in [1.82, 2.24) is 24.4 Å².